The molecule has 0 saturated carbocycles. The molecule has 0 aromatic heterocycles. The number of unbranched alkanes of at least 4 members (excludes halogenated alkanes) is 1. The molecule has 0 bridgehead atoms. The van der Waals surface area contributed by atoms with Crippen molar-refractivity contribution >= 4 is 17.6 Å². The van der Waals surface area contributed by atoms with Crippen molar-refractivity contribution in [2.24, 2.45) is 0 Å². The van der Waals surface area contributed by atoms with E-state index in [1.54, 1.807) is 0 Å². The molecule has 1 rings (SSSR count). The molecule has 1 fully saturated rings. The number of carbonyl (C=O) groups is 3. The maximum Gasteiger partial charge on any atom is 0.266 e. The summed E-state index contributed by atoms with van der Waals surface area (Å²) < 4.78 is 16.9. The number of hydrogen-bond acceptors (Lipinski definition) is 11. The van der Waals surface area contributed by atoms with Gasteiger partial charge < -0.3 is 40.0 Å². The summed E-state index contributed by atoms with van der Waals surface area (Å²) in [5.74, 6) is -3.41. The maximum atomic E-state index is 12.4. The molecule has 4 unspecified atom stereocenters. The van der Waals surface area contributed by atoms with Crippen LogP contribution in [0.1, 0.15) is 39.5 Å². The van der Waals surface area contributed by atoms with E-state index in [9.17, 15) is 34.8 Å². The monoisotopic (exact) mass is 506 g/mol. The predicted octanol–water partition coefficient (Wildman–Crippen LogP) is -1.92. The van der Waals surface area contributed by atoms with Crippen molar-refractivity contribution in [1.82, 2.24) is 10.8 Å². The third-order valence-electron chi connectivity index (χ3n) is 5.31. The Bertz CT molecular complexity index is 692. The number of ether oxygens (including phenoxy) is 3. The van der Waals surface area contributed by atoms with Crippen LogP contribution < -0.4 is 10.8 Å². The summed E-state index contributed by atoms with van der Waals surface area (Å²) in [5.41, 5.74) is 2.18. The number of hydrogen-bond donors (Lipinski definition) is 6. The van der Waals surface area contributed by atoms with Crippen LogP contribution in [0.2, 0.25) is 0 Å². The standard InChI is InChI=1S/C22H38N2O11/c1-4-18(30)24-34-11-7-9-32-8-5-6-10-33-22(14(2)26)12-16(28)19(23-15(3)27)21(35-22)20(31)17(29)13-25/h4,16-17,19-21,25,28-29,31H,1,5-13H2,2-3H3,(H,23,27)(H,24,30)/t16?,17-,19?,20+,21?,22?/m1/s1. The van der Waals surface area contributed by atoms with E-state index in [1.165, 1.54) is 13.8 Å². The van der Waals surface area contributed by atoms with E-state index >= 15 is 0 Å². The van der Waals surface area contributed by atoms with Crippen molar-refractivity contribution in [3.8, 4) is 0 Å². The van der Waals surface area contributed by atoms with Crippen molar-refractivity contribution in [3.05, 3.63) is 12.7 Å². The molecule has 13 heteroatoms. The minimum absolute atomic E-state index is 0.0720. The first kappa shape index (κ1) is 31.1. The second-order valence-electron chi connectivity index (χ2n) is 8.17. The van der Waals surface area contributed by atoms with Gasteiger partial charge in [-0.15, -0.1) is 0 Å². The lowest BCUT2D eigenvalue weighted by molar-refractivity contribution is -0.302. The Morgan fingerprint density at radius 1 is 1.14 bits per heavy atom. The third-order valence-corrected chi connectivity index (χ3v) is 5.31. The van der Waals surface area contributed by atoms with Gasteiger partial charge in [0.2, 0.25) is 11.7 Å². The largest absolute Gasteiger partial charge is 0.394 e. The van der Waals surface area contributed by atoms with Crippen LogP contribution in [0.15, 0.2) is 12.7 Å². The number of nitrogens with one attached hydrogen (secondary N) is 2. The highest BCUT2D eigenvalue weighted by Gasteiger charge is 2.53. The summed E-state index contributed by atoms with van der Waals surface area (Å²) in [6, 6.07) is -1.14. The first-order valence-electron chi connectivity index (χ1n) is 11.4. The molecule has 0 aliphatic carbocycles. The predicted molar refractivity (Wildman–Crippen MR) is 121 cm³/mol. The first-order valence-corrected chi connectivity index (χ1v) is 11.4. The Kier molecular flexibility index (Phi) is 14.1. The Balaban J connectivity index is 2.55. The second kappa shape index (κ2) is 15.9. The van der Waals surface area contributed by atoms with Gasteiger partial charge in [-0.1, -0.05) is 6.58 Å². The van der Waals surface area contributed by atoms with Gasteiger partial charge in [0.05, 0.1) is 32.0 Å². The van der Waals surface area contributed by atoms with Gasteiger partial charge in [-0.2, -0.15) is 0 Å². The zero-order chi connectivity index (χ0) is 26.4. The van der Waals surface area contributed by atoms with Crippen LogP contribution in [0.4, 0.5) is 0 Å². The van der Waals surface area contributed by atoms with Crippen molar-refractivity contribution in [1.29, 1.82) is 0 Å². The Hall–Kier alpha value is -1.97. The average molecular weight is 507 g/mol. The van der Waals surface area contributed by atoms with E-state index in [-0.39, 0.29) is 19.6 Å². The van der Waals surface area contributed by atoms with E-state index in [0.29, 0.717) is 32.5 Å². The summed E-state index contributed by atoms with van der Waals surface area (Å²) in [7, 11) is 0. The molecule has 0 aromatic rings. The Labute approximate surface area is 204 Å². The Morgan fingerprint density at radius 3 is 2.40 bits per heavy atom. The van der Waals surface area contributed by atoms with E-state index < -0.39 is 60.4 Å². The van der Waals surface area contributed by atoms with Crippen LogP contribution in [-0.4, -0.2) is 107 Å². The number of ketones is 1. The lowest BCUT2D eigenvalue weighted by Gasteiger charge is -2.47. The fraction of sp³-hybridized carbons (Fsp3) is 0.773. The van der Waals surface area contributed by atoms with E-state index in [4.69, 9.17) is 19.0 Å². The maximum absolute atomic E-state index is 12.4. The molecular weight excluding hydrogens is 468 g/mol. The topological polar surface area (TPSA) is 193 Å². The van der Waals surface area contributed by atoms with Gasteiger partial charge in [0.25, 0.3) is 5.91 Å². The molecular formula is C22H38N2O11. The number of amides is 2. The number of aliphatic hydroxyl groups excluding tert-OH is 4. The molecule has 13 nitrogen and oxygen atoms in total. The van der Waals surface area contributed by atoms with Crippen LogP contribution in [0, 0.1) is 0 Å². The van der Waals surface area contributed by atoms with Crippen LogP contribution in [0.5, 0.6) is 0 Å². The number of rotatable bonds is 17. The van der Waals surface area contributed by atoms with Gasteiger partial charge in [0, 0.05) is 33.5 Å². The minimum atomic E-state index is -1.90. The molecule has 1 aliphatic rings. The number of carbonyl (C=O) groups excluding carboxylic acids is 3. The SMILES string of the molecule is C=CC(=O)NOCCCOCCCCOC1(C(C)=O)CC(O)C(NC(C)=O)C([C@@H](O)[C@H](O)CO)O1. The fourth-order valence-corrected chi connectivity index (χ4v) is 3.45. The molecule has 35 heavy (non-hydrogen) atoms. The van der Waals surface area contributed by atoms with Crippen LogP contribution >= 0.6 is 0 Å². The molecule has 6 atom stereocenters. The molecule has 1 saturated heterocycles. The van der Waals surface area contributed by atoms with Gasteiger partial charge in [-0.25, -0.2) is 5.48 Å². The highest BCUT2D eigenvalue weighted by molar-refractivity contribution is 5.85. The second-order valence-corrected chi connectivity index (χ2v) is 8.17. The van der Waals surface area contributed by atoms with Gasteiger partial charge in [0.1, 0.15) is 18.3 Å². The molecule has 0 aromatic carbocycles. The summed E-state index contributed by atoms with van der Waals surface area (Å²) in [6.45, 7) is 6.08. The van der Waals surface area contributed by atoms with Crippen LogP contribution in [-0.2, 0) is 33.4 Å². The van der Waals surface area contributed by atoms with E-state index in [0.717, 1.165) is 6.08 Å². The third kappa shape index (κ3) is 10.3. The van der Waals surface area contributed by atoms with Gasteiger partial charge in [0.15, 0.2) is 5.78 Å². The van der Waals surface area contributed by atoms with E-state index in [2.05, 4.69) is 17.4 Å². The van der Waals surface area contributed by atoms with Gasteiger partial charge in [-0.3, -0.25) is 19.2 Å². The molecule has 202 valence electrons. The lowest BCUT2D eigenvalue weighted by atomic mass is 9.87. The molecule has 2 amide bonds. The molecule has 1 aliphatic heterocycles. The minimum Gasteiger partial charge on any atom is -0.394 e. The average Bonchev–Trinajstić information content (AvgIpc) is 2.82. The Morgan fingerprint density at radius 2 is 1.80 bits per heavy atom. The highest BCUT2D eigenvalue weighted by atomic mass is 16.7. The first-order chi connectivity index (χ1) is 16.6. The van der Waals surface area contributed by atoms with Crippen molar-refractivity contribution in [2.45, 2.75) is 75.8 Å². The van der Waals surface area contributed by atoms with Crippen molar-refractivity contribution in [3.63, 3.8) is 0 Å². The zero-order valence-corrected chi connectivity index (χ0v) is 20.2. The summed E-state index contributed by atoms with van der Waals surface area (Å²) in [4.78, 5) is 39.8. The summed E-state index contributed by atoms with van der Waals surface area (Å²) in [5, 5.41) is 42.6. The highest BCUT2D eigenvalue weighted by Crippen LogP contribution is 2.34. The summed E-state index contributed by atoms with van der Waals surface area (Å²) >= 11 is 0. The zero-order valence-electron chi connectivity index (χ0n) is 20.2. The number of hydroxylamine groups is 1. The molecule has 0 radical (unpaired) electrons. The van der Waals surface area contributed by atoms with Crippen molar-refractivity contribution in [2.75, 3.05) is 33.0 Å². The molecule has 1 heterocycles. The number of aliphatic hydroxyl groups is 4. The van der Waals surface area contributed by atoms with Gasteiger partial charge in [-0.05, 0) is 25.3 Å². The quantitative estimate of drug-likeness (QED) is 0.0731. The van der Waals surface area contributed by atoms with Crippen molar-refractivity contribution < 1.29 is 53.9 Å². The normalized spacial score (nSPS) is 25.9. The fourth-order valence-electron chi connectivity index (χ4n) is 3.45. The smallest absolute Gasteiger partial charge is 0.266 e. The summed E-state index contributed by atoms with van der Waals surface area (Å²) in [6.07, 6.45) is -3.66. The lowest BCUT2D eigenvalue weighted by Crippen LogP contribution is -2.67. The van der Waals surface area contributed by atoms with Crippen LogP contribution in [0.25, 0.3) is 0 Å². The van der Waals surface area contributed by atoms with E-state index in [1.807, 2.05) is 0 Å². The molecule has 0 spiro atoms. The molecule has 6 N–H and O–H groups in total. The number of Topliss-reactive ketones (excluding diaryl/α,β-unsaturated/α-hetero) is 1. The van der Waals surface area contributed by atoms with Crippen LogP contribution in [0.3, 0.4) is 0 Å². The van der Waals surface area contributed by atoms with Gasteiger partial charge >= 0.3 is 0 Å².